The van der Waals surface area contributed by atoms with Gasteiger partial charge >= 0.3 is 0 Å². The van der Waals surface area contributed by atoms with E-state index < -0.39 is 0 Å². The van der Waals surface area contributed by atoms with Crippen molar-refractivity contribution in [3.8, 4) is 0 Å². The third-order valence-electron chi connectivity index (χ3n) is 5.17. The molecule has 0 saturated heterocycles. The molecule has 0 bridgehead atoms. The SMILES string of the molecule is CC(CCNc1nc2c3ccccc3cnc2c2ccccc12)N(C)C. The van der Waals surface area contributed by atoms with Crippen LogP contribution in [0, 0.1) is 0 Å². The average molecular weight is 344 g/mol. The average Bonchev–Trinajstić information content (AvgIpc) is 2.67. The number of aromatic nitrogens is 2. The summed E-state index contributed by atoms with van der Waals surface area (Å²) in [5.41, 5.74) is 1.93. The first-order valence-corrected chi connectivity index (χ1v) is 9.11. The van der Waals surface area contributed by atoms with Crippen LogP contribution < -0.4 is 5.32 Å². The summed E-state index contributed by atoms with van der Waals surface area (Å²) in [5.74, 6) is 0.942. The lowest BCUT2D eigenvalue weighted by atomic mass is 10.1. The largest absolute Gasteiger partial charge is 0.369 e. The number of anilines is 1. The monoisotopic (exact) mass is 344 g/mol. The first-order chi connectivity index (χ1) is 12.6. The van der Waals surface area contributed by atoms with E-state index in [1.807, 2.05) is 12.3 Å². The van der Waals surface area contributed by atoms with Gasteiger partial charge in [-0.05, 0) is 27.4 Å². The molecule has 0 aliphatic heterocycles. The van der Waals surface area contributed by atoms with Gasteiger partial charge in [-0.25, -0.2) is 4.98 Å². The van der Waals surface area contributed by atoms with E-state index in [9.17, 15) is 0 Å². The van der Waals surface area contributed by atoms with Crippen LogP contribution in [0.15, 0.2) is 54.7 Å². The van der Waals surface area contributed by atoms with Crippen LogP contribution in [-0.2, 0) is 0 Å². The quantitative estimate of drug-likeness (QED) is 0.533. The minimum atomic E-state index is 0.525. The van der Waals surface area contributed by atoms with Crippen molar-refractivity contribution in [2.75, 3.05) is 26.0 Å². The molecule has 1 N–H and O–H groups in total. The topological polar surface area (TPSA) is 41.1 Å². The summed E-state index contributed by atoms with van der Waals surface area (Å²) in [4.78, 5) is 11.9. The van der Waals surface area contributed by atoms with E-state index in [4.69, 9.17) is 9.97 Å². The third kappa shape index (κ3) is 2.97. The fraction of sp³-hybridized carbons (Fsp3) is 0.273. The van der Waals surface area contributed by atoms with Crippen LogP contribution in [0.2, 0.25) is 0 Å². The van der Waals surface area contributed by atoms with Crippen molar-refractivity contribution in [2.45, 2.75) is 19.4 Å². The lowest BCUT2D eigenvalue weighted by Crippen LogP contribution is -2.26. The summed E-state index contributed by atoms with van der Waals surface area (Å²) >= 11 is 0. The molecule has 2 aromatic heterocycles. The van der Waals surface area contributed by atoms with Crippen molar-refractivity contribution in [1.82, 2.24) is 14.9 Å². The first-order valence-electron chi connectivity index (χ1n) is 9.11. The van der Waals surface area contributed by atoms with E-state index in [0.717, 1.165) is 51.4 Å². The number of fused-ring (bicyclic) bond motifs is 5. The maximum absolute atomic E-state index is 4.99. The smallest absolute Gasteiger partial charge is 0.134 e. The molecule has 0 spiro atoms. The van der Waals surface area contributed by atoms with Crippen molar-refractivity contribution in [3.05, 3.63) is 54.7 Å². The second-order valence-corrected chi connectivity index (χ2v) is 7.08. The summed E-state index contributed by atoms with van der Waals surface area (Å²) < 4.78 is 0. The van der Waals surface area contributed by atoms with E-state index in [1.54, 1.807) is 0 Å². The minimum Gasteiger partial charge on any atom is -0.369 e. The van der Waals surface area contributed by atoms with Gasteiger partial charge in [0, 0.05) is 40.3 Å². The zero-order valence-electron chi connectivity index (χ0n) is 15.5. The zero-order valence-corrected chi connectivity index (χ0v) is 15.5. The molecule has 0 aliphatic rings. The van der Waals surface area contributed by atoms with Gasteiger partial charge in [0.05, 0.1) is 11.0 Å². The van der Waals surface area contributed by atoms with E-state index in [0.29, 0.717) is 6.04 Å². The molecule has 4 aromatic rings. The molecular formula is C22H24N4. The highest BCUT2D eigenvalue weighted by Gasteiger charge is 2.12. The number of nitrogens with zero attached hydrogens (tertiary/aromatic N) is 3. The molecule has 26 heavy (non-hydrogen) atoms. The van der Waals surface area contributed by atoms with Crippen LogP contribution in [0.4, 0.5) is 5.82 Å². The summed E-state index contributed by atoms with van der Waals surface area (Å²) in [6.45, 7) is 3.13. The Balaban J connectivity index is 1.83. The zero-order chi connectivity index (χ0) is 18.1. The van der Waals surface area contributed by atoms with E-state index in [-0.39, 0.29) is 0 Å². The van der Waals surface area contributed by atoms with Crippen LogP contribution in [-0.4, -0.2) is 41.5 Å². The van der Waals surface area contributed by atoms with E-state index >= 15 is 0 Å². The minimum absolute atomic E-state index is 0.525. The van der Waals surface area contributed by atoms with Gasteiger partial charge in [-0.1, -0.05) is 48.5 Å². The Morgan fingerprint density at radius 3 is 2.38 bits per heavy atom. The molecule has 0 saturated carbocycles. The molecular weight excluding hydrogens is 320 g/mol. The first kappa shape index (κ1) is 16.7. The van der Waals surface area contributed by atoms with Gasteiger partial charge in [0.1, 0.15) is 5.82 Å². The molecule has 2 heterocycles. The number of pyridine rings is 2. The Hall–Kier alpha value is -2.72. The fourth-order valence-corrected chi connectivity index (χ4v) is 3.32. The molecule has 0 aliphatic carbocycles. The summed E-state index contributed by atoms with van der Waals surface area (Å²) in [6.07, 6.45) is 3.01. The molecule has 0 radical (unpaired) electrons. The maximum Gasteiger partial charge on any atom is 0.134 e. The lowest BCUT2D eigenvalue weighted by Gasteiger charge is -2.20. The molecule has 0 fully saturated rings. The number of hydrogen-bond acceptors (Lipinski definition) is 4. The molecule has 132 valence electrons. The Kier molecular flexibility index (Phi) is 4.43. The van der Waals surface area contributed by atoms with Gasteiger partial charge in [0.25, 0.3) is 0 Å². The fourth-order valence-electron chi connectivity index (χ4n) is 3.32. The number of nitrogens with one attached hydrogen (secondary N) is 1. The molecule has 4 nitrogen and oxygen atoms in total. The van der Waals surface area contributed by atoms with Crippen molar-refractivity contribution in [3.63, 3.8) is 0 Å². The standard InChI is InChI=1S/C22H24N4/c1-15(26(2)3)12-13-23-22-19-11-7-6-10-18(19)20-21(25-22)17-9-5-4-8-16(17)14-24-20/h4-11,14-15H,12-13H2,1-3H3,(H,23,25). The van der Waals surface area contributed by atoms with Gasteiger partial charge in [0.15, 0.2) is 0 Å². The van der Waals surface area contributed by atoms with Crippen molar-refractivity contribution in [2.24, 2.45) is 0 Å². The van der Waals surface area contributed by atoms with Gasteiger partial charge in [-0.3, -0.25) is 4.98 Å². The van der Waals surface area contributed by atoms with Crippen molar-refractivity contribution in [1.29, 1.82) is 0 Å². The van der Waals surface area contributed by atoms with Gasteiger partial charge in [-0.2, -0.15) is 0 Å². The summed E-state index contributed by atoms with van der Waals surface area (Å²) in [6, 6.07) is 17.2. The maximum atomic E-state index is 4.99. The highest BCUT2D eigenvalue weighted by atomic mass is 15.1. The van der Waals surface area contributed by atoms with Crippen LogP contribution >= 0.6 is 0 Å². The third-order valence-corrected chi connectivity index (χ3v) is 5.17. The van der Waals surface area contributed by atoms with E-state index in [1.165, 1.54) is 0 Å². The number of rotatable bonds is 5. The molecule has 1 atom stereocenters. The Morgan fingerprint density at radius 2 is 1.62 bits per heavy atom. The summed E-state index contributed by atoms with van der Waals surface area (Å²) in [7, 11) is 4.23. The van der Waals surface area contributed by atoms with E-state index in [2.05, 4.69) is 73.7 Å². The summed E-state index contributed by atoms with van der Waals surface area (Å²) in [5, 5.41) is 8.10. The predicted octanol–water partition coefficient (Wildman–Crippen LogP) is 4.69. The second-order valence-electron chi connectivity index (χ2n) is 7.08. The van der Waals surface area contributed by atoms with Gasteiger partial charge < -0.3 is 10.2 Å². The second kappa shape index (κ2) is 6.89. The molecule has 0 amide bonds. The van der Waals surface area contributed by atoms with Crippen LogP contribution in [0.1, 0.15) is 13.3 Å². The normalized spacial score (nSPS) is 12.9. The van der Waals surface area contributed by atoms with Crippen LogP contribution in [0.3, 0.4) is 0 Å². The number of hydrogen-bond donors (Lipinski definition) is 1. The highest BCUT2D eigenvalue weighted by molar-refractivity contribution is 6.15. The highest BCUT2D eigenvalue weighted by Crippen LogP contribution is 2.31. The molecule has 4 heteroatoms. The lowest BCUT2D eigenvalue weighted by molar-refractivity contribution is 0.304. The van der Waals surface area contributed by atoms with Crippen LogP contribution in [0.5, 0.6) is 0 Å². The van der Waals surface area contributed by atoms with Crippen molar-refractivity contribution >= 4 is 38.4 Å². The predicted molar refractivity (Wildman–Crippen MR) is 111 cm³/mol. The van der Waals surface area contributed by atoms with Gasteiger partial charge in [0.2, 0.25) is 0 Å². The Labute approximate surface area is 153 Å². The molecule has 4 rings (SSSR count). The number of benzene rings is 2. The van der Waals surface area contributed by atoms with Crippen molar-refractivity contribution < 1.29 is 0 Å². The van der Waals surface area contributed by atoms with Gasteiger partial charge in [-0.15, -0.1) is 0 Å². The Bertz CT molecular complexity index is 1070. The molecule has 1 unspecified atom stereocenters. The van der Waals surface area contributed by atoms with Crippen LogP contribution in [0.25, 0.3) is 32.6 Å². The Morgan fingerprint density at radius 1 is 0.923 bits per heavy atom. The molecule has 2 aromatic carbocycles.